The summed E-state index contributed by atoms with van der Waals surface area (Å²) >= 11 is 0. The molecule has 0 amide bonds. The van der Waals surface area contributed by atoms with Gasteiger partial charge in [-0.1, -0.05) is 42.0 Å². The Morgan fingerprint density at radius 1 is 1.00 bits per heavy atom. The lowest BCUT2D eigenvalue weighted by molar-refractivity contribution is -0.149. The summed E-state index contributed by atoms with van der Waals surface area (Å²) in [5, 5.41) is 0. The molecule has 0 saturated carbocycles. The molecule has 0 aliphatic carbocycles. The average Bonchev–Trinajstić information content (AvgIpc) is 2.51. The van der Waals surface area contributed by atoms with Crippen LogP contribution in [0.2, 0.25) is 0 Å². The van der Waals surface area contributed by atoms with Crippen molar-refractivity contribution in [3.63, 3.8) is 0 Å². The lowest BCUT2D eigenvalue weighted by atomic mass is 9.87. The molecule has 3 atom stereocenters. The van der Waals surface area contributed by atoms with Crippen LogP contribution in [0.15, 0.2) is 48.5 Å². The van der Waals surface area contributed by atoms with Gasteiger partial charge in [-0.05, 0) is 44.0 Å². The first-order valence-electron chi connectivity index (χ1n) is 7.66. The highest BCUT2D eigenvalue weighted by atomic mass is 19.1. The third kappa shape index (κ3) is 4.39. The van der Waals surface area contributed by atoms with E-state index in [9.17, 15) is 9.18 Å². The van der Waals surface area contributed by atoms with Crippen LogP contribution in [0.3, 0.4) is 0 Å². The summed E-state index contributed by atoms with van der Waals surface area (Å²) in [6.45, 7) is 5.43. The van der Waals surface area contributed by atoms with E-state index < -0.39 is 18.1 Å². The van der Waals surface area contributed by atoms with Gasteiger partial charge in [-0.2, -0.15) is 0 Å². The van der Waals surface area contributed by atoms with Gasteiger partial charge in [-0.25, -0.2) is 4.39 Å². The fraction of sp³-hybridized carbons (Fsp3) is 0.316. The van der Waals surface area contributed by atoms with E-state index in [-0.39, 0.29) is 11.7 Å². The number of carbonyl (C=O) groups is 1. The van der Waals surface area contributed by atoms with Crippen LogP contribution in [-0.2, 0) is 9.53 Å². The van der Waals surface area contributed by atoms with Crippen molar-refractivity contribution in [1.29, 1.82) is 0 Å². The van der Waals surface area contributed by atoms with Crippen molar-refractivity contribution in [2.45, 2.75) is 38.8 Å². The van der Waals surface area contributed by atoms with Crippen LogP contribution >= 0.6 is 0 Å². The van der Waals surface area contributed by atoms with Gasteiger partial charge in [0.15, 0.2) is 0 Å². The van der Waals surface area contributed by atoms with Gasteiger partial charge in [0, 0.05) is 5.92 Å². The lowest BCUT2D eigenvalue weighted by Gasteiger charge is -2.26. The van der Waals surface area contributed by atoms with Gasteiger partial charge in [0.1, 0.15) is 18.0 Å². The van der Waals surface area contributed by atoms with Crippen LogP contribution in [0.1, 0.15) is 36.5 Å². The molecule has 0 unspecified atom stereocenters. The van der Waals surface area contributed by atoms with E-state index in [4.69, 9.17) is 10.5 Å². The second-order valence-corrected chi connectivity index (χ2v) is 5.87. The summed E-state index contributed by atoms with van der Waals surface area (Å²) in [5.74, 6) is -0.924. The van der Waals surface area contributed by atoms with Gasteiger partial charge in [0.25, 0.3) is 0 Å². The summed E-state index contributed by atoms with van der Waals surface area (Å²) in [6, 6.07) is 13.6. The normalized spacial score (nSPS) is 14.8. The lowest BCUT2D eigenvalue weighted by Crippen LogP contribution is -2.33. The number of ether oxygens (including phenoxy) is 1. The van der Waals surface area contributed by atoms with Crippen molar-refractivity contribution in [2.24, 2.45) is 5.73 Å². The zero-order chi connectivity index (χ0) is 17.0. The zero-order valence-electron chi connectivity index (χ0n) is 13.6. The SMILES string of the molecule is Cc1ccc([C@@H](c2ccc(F)cc2)[C@H](C)OC(=O)[C@H](C)N)cc1. The number of carbonyl (C=O) groups excluding carboxylic acids is 1. The van der Waals surface area contributed by atoms with Crippen LogP contribution in [0.5, 0.6) is 0 Å². The Kier molecular flexibility index (Phi) is 5.50. The van der Waals surface area contributed by atoms with E-state index in [1.165, 1.54) is 12.1 Å². The minimum absolute atomic E-state index is 0.182. The summed E-state index contributed by atoms with van der Waals surface area (Å²) in [7, 11) is 0. The van der Waals surface area contributed by atoms with E-state index in [2.05, 4.69) is 0 Å². The van der Waals surface area contributed by atoms with E-state index >= 15 is 0 Å². The molecule has 0 heterocycles. The quantitative estimate of drug-likeness (QED) is 0.859. The Morgan fingerprint density at radius 2 is 1.48 bits per heavy atom. The molecule has 0 bridgehead atoms. The number of aryl methyl sites for hydroxylation is 1. The van der Waals surface area contributed by atoms with Crippen molar-refractivity contribution in [2.75, 3.05) is 0 Å². The Hall–Kier alpha value is -2.20. The van der Waals surface area contributed by atoms with Crippen LogP contribution in [0.4, 0.5) is 4.39 Å². The summed E-state index contributed by atoms with van der Waals surface area (Å²) in [5.41, 5.74) is 8.62. The highest BCUT2D eigenvalue weighted by Gasteiger charge is 2.25. The molecule has 0 fully saturated rings. The van der Waals surface area contributed by atoms with Gasteiger partial charge in [-0.3, -0.25) is 4.79 Å². The molecule has 0 aromatic heterocycles. The zero-order valence-corrected chi connectivity index (χ0v) is 13.6. The molecule has 0 aliphatic rings. The molecule has 0 aliphatic heterocycles. The predicted octanol–water partition coefficient (Wildman–Crippen LogP) is 3.54. The molecule has 0 saturated heterocycles. The van der Waals surface area contributed by atoms with Crippen LogP contribution in [-0.4, -0.2) is 18.1 Å². The van der Waals surface area contributed by atoms with E-state index in [0.717, 1.165) is 16.7 Å². The van der Waals surface area contributed by atoms with E-state index in [1.54, 1.807) is 19.1 Å². The number of esters is 1. The molecular formula is C19H22FNO2. The monoisotopic (exact) mass is 315 g/mol. The molecule has 2 aromatic carbocycles. The maximum absolute atomic E-state index is 13.2. The molecular weight excluding hydrogens is 293 g/mol. The third-order valence-electron chi connectivity index (χ3n) is 3.81. The highest BCUT2D eigenvalue weighted by molar-refractivity contribution is 5.75. The smallest absolute Gasteiger partial charge is 0.322 e. The predicted molar refractivity (Wildman–Crippen MR) is 88.6 cm³/mol. The second-order valence-electron chi connectivity index (χ2n) is 5.87. The molecule has 0 radical (unpaired) electrons. The molecule has 2 rings (SSSR count). The third-order valence-corrected chi connectivity index (χ3v) is 3.81. The molecule has 3 nitrogen and oxygen atoms in total. The molecule has 122 valence electrons. The summed E-state index contributed by atoms with van der Waals surface area (Å²) < 4.78 is 18.7. The van der Waals surface area contributed by atoms with E-state index in [1.807, 2.05) is 38.1 Å². The van der Waals surface area contributed by atoms with Crippen LogP contribution in [0, 0.1) is 12.7 Å². The van der Waals surface area contributed by atoms with Crippen molar-refractivity contribution in [3.05, 3.63) is 71.0 Å². The van der Waals surface area contributed by atoms with Crippen molar-refractivity contribution >= 4 is 5.97 Å². The maximum Gasteiger partial charge on any atom is 0.322 e. The number of halogens is 1. The maximum atomic E-state index is 13.2. The van der Waals surface area contributed by atoms with E-state index in [0.29, 0.717) is 0 Å². The molecule has 4 heteroatoms. The number of nitrogens with two attached hydrogens (primary N) is 1. The Morgan fingerprint density at radius 3 is 1.96 bits per heavy atom. The van der Waals surface area contributed by atoms with Crippen molar-refractivity contribution in [3.8, 4) is 0 Å². The average molecular weight is 315 g/mol. The van der Waals surface area contributed by atoms with Gasteiger partial charge < -0.3 is 10.5 Å². The first kappa shape index (κ1) is 17.2. The standard InChI is InChI=1S/C19H22FNO2/c1-12-4-6-15(7-5-12)18(14(3)23-19(22)13(2)21)16-8-10-17(20)11-9-16/h4-11,13-14,18H,21H2,1-3H3/t13-,14-,18-/m0/s1. The molecule has 2 N–H and O–H groups in total. The number of rotatable bonds is 5. The summed E-state index contributed by atoms with van der Waals surface area (Å²) in [4.78, 5) is 11.8. The fourth-order valence-electron chi connectivity index (χ4n) is 2.54. The van der Waals surface area contributed by atoms with Crippen molar-refractivity contribution in [1.82, 2.24) is 0 Å². The number of hydrogen-bond acceptors (Lipinski definition) is 3. The van der Waals surface area contributed by atoms with Gasteiger partial charge >= 0.3 is 5.97 Å². The van der Waals surface area contributed by atoms with Gasteiger partial charge in [0.2, 0.25) is 0 Å². The Labute approximate surface area is 136 Å². The largest absolute Gasteiger partial charge is 0.461 e. The second kappa shape index (κ2) is 7.38. The first-order chi connectivity index (χ1) is 10.9. The Bertz CT molecular complexity index is 605. The van der Waals surface area contributed by atoms with Crippen molar-refractivity contribution < 1.29 is 13.9 Å². The topological polar surface area (TPSA) is 52.3 Å². The Balaban J connectivity index is 2.36. The minimum Gasteiger partial charge on any atom is -0.461 e. The van der Waals surface area contributed by atoms with Crippen LogP contribution in [0.25, 0.3) is 0 Å². The molecule has 23 heavy (non-hydrogen) atoms. The van der Waals surface area contributed by atoms with Gasteiger partial charge in [0.05, 0.1) is 0 Å². The van der Waals surface area contributed by atoms with Crippen LogP contribution < -0.4 is 5.73 Å². The molecule has 2 aromatic rings. The number of hydrogen-bond donors (Lipinski definition) is 1. The minimum atomic E-state index is -0.677. The summed E-state index contributed by atoms with van der Waals surface area (Å²) in [6.07, 6.45) is -0.415. The highest BCUT2D eigenvalue weighted by Crippen LogP contribution is 2.30. The fourth-order valence-corrected chi connectivity index (χ4v) is 2.54. The number of benzene rings is 2. The first-order valence-corrected chi connectivity index (χ1v) is 7.66. The molecule has 0 spiro atoms. The van der Waals surface area contributed by atoms with Gasteiger partial charge in [-0.15, -0.1) is 0 Å².